The second kappa shape index (κ2) is 8.07. The van der Waals surface area contributed by atoms with Crippen molar-refractivity contribution in [3.05, 3.63) is 35.4 Å². The molecule has 1 atom stereocenters. The molecular weight excluding hydrogens is 324 g/mol. The van der Waals surface area contributed by atoms with Crippen molar-refractivity contribution in [3.8, 4) is 0 Å². The van der Waals surface area contributed by atoms with Gasteiger partial charge in [0.25, 0.3) is 0 Å². The minimum Gasteiger partial charge on any atom is -0.354 e. The van der Waals surface area contributed by atoms with Crippen LogP contribution in [0.1, 0.15) is 30.0 Å². The third-order valence-electron chi connectivity index (χ3n) is 6.00. The molecule has 0 spiro atoms. The summed E-state index contributed by atoms with van der Waals surface area (Å²) in [6, 6.07) is 7.96. The largest absolute Gasteiger partial charge is 0.354 e. The molecule has 1 heterocycles. The summed E-state index contributed by atoms with van der Waals surface area (Å²) in [5.41, 5.74) is 2.56. The smallest absolute Gasteiger partial charge is 0.241 e. The Bertz CT molecular complexity index is 618. The third kappa shape index (κ3) is 4.64. The molecule has 1 N–H and O–H groups in total. The van der Waals surface area contributed by atoms with Crippen LogP contribution in [0.5, 0.6) is 0 Å². The number of carbonyl (C=O) groups excluding carboxylic acids is 1. The number of likely N-dealkylation sites (N-methyl/N-ethyl adjacent to an activating group) is 2. The van der Waals surface area contributed by atoms with E-state index in [1.165, 1.54) is 18.4 Å². The van der Waals surface area contributed by atoms with Gasteiger partial charge in [0.05, 0.1) is 0 Å². The Morgan fingerprint density at radius 2 is 1.85 bits per heavy atom. The molecule has 0 unspecified atom stereocenters. The van der Waals surface area contributed by atoms with Crippen LogP contribution in [0.3, 0.4) is 0 Å². The van der Waals surface area contributed by atoms with Crippen LogP contribution in [0.4, 0.5) is 0 Å². The SMILES string of the molecule is Cc1ccccc1[C@@H](C(=O)NCC1(CN2CCN(C)CC2)CC1)N(C)C. The topological polar surface area (TPSA) is 38.8 Å². The first-order chi connectivity index (χ1) is 12.4. The average molecular weight is 359 g/mol. The predicted octanol–water partition coefficient (Wildman–Crippen LogP) is 1.74. The van der Waals surface area contributed by atoms with Gasteiger partial charge in [0.1, 0.15) is 6.04 Å². The molecule has 5 heteroatoms. The summed E-state index contributed by atoms with van der Waals surface area (Å²) < 4.78 is 0. The number of nitrogens with one attached hydrogen (secondary N) is 1. The summed E-state index contributed by atoms with van der Waals surface area (Å²) in [5, 5.41) is 3.27. The molecule has 2 aliphatic rings. The van der Waals surface area contributed by atoms with E-state index in [0.717, 1.165) is 44.8 Å². The molecule has 0 radical (unpaired) electrons. The first-order valence-electron chi connectivity index (χ1n) is 9.81. The molecule has 1 aliphatic carbocycles. The summed E-state index contributed by atoms with van der Waals surface area (Å²) >= 11 is 0. The summed E-state index contributed by atoms with van der Waals surface area (Å²) in [6.45, 7) is 8.60. The zero-order chi connectivity index (χ0) is 18.7. The Hall–Kier alpha value is -1.43. The maximum absolute atomic E-state index is 13.0. The van der Waals surface area contributed by atoms with E-state index in [4.69, 9.17) is 0 Å². The lowest BCUT2D eigenvalue weighted by molar-refractivity contribution is -0.126. The molecule has 0 bridgehead atoms. The zero-order valence-corrected chi connectivity index (χ0v) is 16.8. The number of carbonyl (C=O) groups is 1. The quantitative estimate of drug-likeness (QED) is 0.806. The van der Waals surface area contributed by atoms with Gasteiger partial charge in [0.15, 0.2) is 0 Å². The van der Waals surface area contributed by atoms with Crippen molar-refractivity contribution in [2.75, 3.05) is 60.4 Å². The van der Waals surface area contributed by atoms with Crippen LogP contribution < -0.4 is 5.32 Å². The van der Waals surface area contributed by atoms with Gasteiger partial charge in [0, 0.05) is 44.7 Å². The van der Waals surface area contributed by atoms with Gasteiger partial charge in [-0.15, -0.1) is 0 Å². The second-order valence-electron chi connectivity index (χ2n) is 8.52. The number of amides is 1. The summed E-state index contributed by atoms with van der Waals surface area (Å²) in [4.78, 5) is 19.9. The number of hydrogen-bond donors (Lipinski definition) is 1. The maximum Gasteiger partial charge on any atom is 0.241 e. The molecular formula is C21H34N4O. The summed E-state index contributed by atoms with van der Waals surface area (Å²) in [7, 11) is 6.15. The first kappa shape index (κ1) is 19.3. The molecule has 1 amide bonds. The highest BCUT2D eigenvalue weighted by molar-refractivity contribution is 5.83. The lowest BCUT2D eigenvalue weighted by atomic mass is 9.99. The molecule has 1 aromatic rings. The van der Waals surface area contributed by atoms with Crippen molar-refractivity contribution < 1.29 is 4.79 Å². The molecule has 3 rings (SSSR count). The fourth-order valence-corrected chi connectivity index (χ4v) is 3.97. The highest BCUT2D eigenvalue weighted by Gasteiger charge is 2.44. The molecule has 1 aliphatic heterocycles. The van der Waals surface area contributed by atoms with Crippen LogP contribution in [0, 0.1) is 12.3 Å². The van der Waals surface area contributed by atoms with E-state index in [0.29, 0.717) is 5.41 Å². The highest BCUT2D eigenvalue weighted by atomic mass is 16.2. The van der Waals surface area contributed by atoms with Crippen LogP contribution in [0.25, 0.3) is 0 Å². The fourth-order valence-electron chi connectivity index (χ4n) is 3.97. The van der Waals surface area contributed by atoms with Crippen LogP contribution >= 0.6 is 0 Å². The number of hydrogen-bond acceptors (Lipinski definition) is 4. The van der Waals surface area contributed by atoms with E-state index in [2.05, 4.69) is 41.2 Å². The van der Waals surface area contributed by atoms with Gasteiger partial charge in [-0.25, -0.2) is 0 Å². The predicted molar refractivity (Wildman–Crippen MR) is 106 cm³/mol. The van der Waals surface area contributed by atoms with Gasteiger partial charge < -0.3 is 15.1 Å². The van der Waals surface area contributed by atoms with Crippen molar-refractivity contribution in [1.82, 2.24) is 20.0 Å². The van der Waals surface area contributed by atoms with E-state index >= 15 is 0 Å². The number of piperazine rings is 1. The van der Waals surface area contributed by atoms with Crippen molar-refractivity contribution >= 4 is 5.91 Å². The second-order valence-corrected chi connectivity index (χ2v) is 8.52. The van der Waals surface area contributed by atoms with Gasteiger partial charge in [-0.2, -0.15) is 0 Å². The van der Waals surface area contributed by atoms with E-state index in [1.807, 2.05) is 31.1 Å². The Kier molecular flexibility index (Phi) is 6.00. The Morgan fingerprint density at radius 1 is 1.19 bits per heavy atom. The molecule has 26 heavy (non-hydrogen) atoms. The average Bonchev–Trinajstić information content (AvgIpc) is 3.37. The Morgan fingerprint density at radius 3 is 2.42 bits per heavy atom. The van der Waals surface area contributed by atoms with Crippen molar-refractivity contribution in [3.63, 3.8) is 0 Å². The Balaban J connectivity index is 1.57. The van der Waals surface area contributed by atoms with Gasteiger partial charge in [0.2, 0.25) is 5.91 Å². The van der Waals surface area contributed by atoms with Crippen LogP contribution in [0.2, 0.25) is 0 Å². The monoisotopic (exact) mass is 358 g/mol. The lowest BCUT2D eigenvalue weighted by Gasteiger charge is -2.35. The first-order valence-corrected chi connectivity index (χ1v) is 9.81. The summed E-state index contributed by atoms with van der Waals surface area (Å²) in [5.74, 6) is 0.119. The summed E-state index contributed by atoms with van der Waals surface area (Å²) in [6.07, 6.45) is 2.47. The van der Waals surface area contributed by atoms with Gasteiger partial charge in [-0.3, -0.25) is 9.69 Å². The minimum absolute atomic E-state index is 0.119. The van der Waals surface area contributed by atoms with Crippen LogP contribution in [-0.2, 0) is 4.79 Å². The number of rotatable bonds is 7. The number of nitrogens with zero attached hydrogens (tertiary/aromatic N) is 3. The van der Waals surface area contributed by atoms with Gasteiger partial charge in [-0.1, -0.05) is 24.3 Å². The molecule has 5 nitrogen and oxygen atoms in total. The standard InChI is InChI=1S/C21H34N4O/c1-17-7-5-6-8-18(17)19(23(2)3)20(26)22-15-21(9-10-21)16-25-13-11-24(4)12-14-25/h5-8,19H,9-16H2,1-4H3,(H,22,26)/t19-/m0/s1. The van der Waals surface area contributed by atoms with Crippen LogP contribution in [-0.4, -0.2) is 81.0 Å². The van der Waals surface area contributed by atoms with E-state index in [-0.39, 0.29) is 11.9 Å². The molecule has 144 valence electrons. The highest BCUT2D eigenvalue weighted by Crippen LogP contribution is 2.45. The number of benzene rings is 1. The fraction of sp³-hybridized carbons (Fsp3) is 0.667. The normalized spacial score (nSPS) is 21.6. The van der Waals surface area contributed by atoms with Crippen LogP contribution in [0.15, 0.2) is 24.3 Å². The molecule has 1 aromatic carbocycles. The molecule has 0 aromatic heterocycles. The minimum atomic E-state index is -0.226. The maximum atomic E-state index is 13.0. The zero-order valence-electron chi connectivity index (χ0n) is 16.8. The molecule has 2 fully saturated rings. The van der Waals surface area contributed by atoms with Crippen molar-refractivity contribution in [2.45, 2.75) is 25.8 Å². The van der Waals surface area contributed by atoms with E-state index < -0.39 is 0 Å². The van der Waals surface area contributed by atoms with Crippen molar-refractivity contribution in [1.29, 1.82) is 0 Å². The van der Waals surface area contributed by atoms with E-state index in [1.54, 1.807) is 0 Å². The van der Waals surface area contributed by atoms with Crippen molar-refractivity contribution in [2.24, 2.45) is 5.41 Å². The van der Waals surface area contributed by atoms with Gasteiger partial charge in [-0.05, 0) is 52.0 Å². The molecule has 1 saturated heterocycles. The molecule has 1 saturated carbocycles. The Labute approximate surface area is 158 Å². The third-order valence-corrected chi connectivity index (χ3v) is 6.00. The lowest BCUT2D eigenvalue weighted by Crippen LogP contribution is -2.48. The van der Waals surface area contributed by atoms with E-state index in [9.17, 15) is 4.79 Å². The van der Waals surface area contributed by atoms with Gasteiger partial charge >= 0.3 is 0 Å². The number of aryl methyl sites for hydroxylation is 1.